The van der Waals surface area contributed by atoms with Crippen molar-refractivity contribution < 1.29 is 13.2 Å². The molecule has 0 aromatic heterocycles. The minimum absolute atomic E-state index is 0.0874. The van der Waals surface area contributed by atoms with Gasteiger partial charge in [0.2, 0.25) is 10.0 Å². The first kappa shape index (κ1) is 14.8. The number of primary sulfonamides is 1. The van der Waals surface area contributed by atoms with Crippen molar-refractivity contribution in [1.29, 1.82) is 0 Å². The van der Waals surface area contributed by atoms with E-state index in [2.05, 4.69) is 15.9 Å². The van der Waals surface area contributed by atoms with Crippen molar-refractivity contribution in [2.24, 2.45) is 11.1 Å². The molecule has 1 aliphatic rings. The Hall–Kier alpha value is -0.590. The Kier molecular flexibility index (Phi) is 4.86. The number of benzene rings is 1. The summed E-state index contributed by atoms with van der Waals surface area (Å²) in [6.45, 7) is 0.688. The molecule has 0 spiro atoms. The van der Waals surface area contributed by atoms with Gasteiger partial charge in [-0.05, 0) is 52.9 Å². The van der Waals surface area contributed by atoms with Crippen LogP contribution in [-0.2, 0) is 10.0 Å². The average molecular weight is 348 g/mol. The number of sulfonamides is 1. The second-order valence-electron chi connectivity index (χ2n) is 4.95. The van der Waals surface area contributed by atoms with E-state index in [0.717, 1.165) is 0 Å². The Morgan fingerprint density at radius 3 is 2.53 bits per heavy atom. The van der Waals surface area contributed by atoms with E-state index in [1.165, 1.54) is 44.2 Å². The van der Waals surface area contributed by atoms with Gasteiger partial charge in [0.25, 0.3) is 0 Å². The summed E-state index contributed by atoms with van der Waals surface area (Å²) in [6, 6.07) is 4.59. The molecule has 0 radical (unpaired) electrons. The van der Waals surface area contributed by atoms with Gasteiger partial charge in [0.05, 0.1) is 16.0 Å². The van der Waals surface area contributed by atoms with Crippen molar-refractivity contribution in [3.63, 3.8) is 0 Å². The van der Waals surface area contributed by atoms with Crippen molar-refractivity contribution in [1.82, 2.24) is 0 Å². The van der Waals surface area contributed by atoms with Crippen LogP contribution < -0.4 is 9.88 Å². The fraction of sp³-hybridized carbons (Fsp3) is 0.538. The molecule has 1 aromatic rings. The summed E-state index contributed by atoms with van der Waals surface area (Å²) in [4.78, 5) is 0.0874. The zero-order valence-corrected chi connectivity index (χ0v) is 13.0. The van der Waals surface area contributed by atoms with Crippen LogP contribution in [0.1, 0.15) is 32.1 Å². The molecule has 2 rings (SSSR count). The molecule has 0 atom stereocenters. The third-order valence-corrected chi connectivity index (χ3v) is 4.96. The van der Waals surface area contributed by atoms with Crippen molar-refractivity contribution in [3.8, 4) is 5.75 Å². The van der Waals surface area contributed by atoms with E-state index in [9.17, 15) is 8.42 Å². The van der Waals surface area contributed by atoms with E-state index >= 15 is 0 Å². The molecule has 19 heavy (non-hydrogen) atoms. The van der Waals surface area contributed by atoms with E-state index in [-0.39, 0.29) is 4.90 Å². The molecule has 1 aliphatic carbocycles. The Balaban J connectivity index is 2.01. The normalized spacial score (nSPS) is 17.4. The van der Waals surface area contributed by atoms with Gasteiger partial charge < -0.3 is 4.74 Å². The Labute approximate surface area is 122 Å². The van der Waals surface area contributed by atoms with Crippen molar-refractivity contribution in [2.75, 3.05) is 6.61 Å². The molecule has 0 saturated heterocycles. The third-order valence-electron chi connectivity index (χ3n) is 3.43. The number of hydrogen-bond donors (Lipinski definition) is 1. The Morgan fingerprint density at radius 1 is 1.26 bits per heavy atom. The van der Waals surface area contributed by atoms with Crippen molar-refractivity contribution in [3.05, 3.63) is 22.7 Å². The predicted octanol–water partition coefficient (Wildman–Crippen LogP) is 3.06. The molecule has 4 nitrogen and oxygen atoms in total. The number of nitrogens with two attached hydrogens (primary N) is 1. The van der Waals surface area contributed by atoms with E-state index < -0.39 is 10.0 Å². The molecule has 0 heterocycles. The van der Waals surface area contributed by atoms with Crippen molar-refractivity contribution in [2.45, 2.75) is 37.0 Å². The highest BCUT2D eigenvalue weighted by Gasteiger charge is 2.15. The van der Waals surface area contributed by atoms with Gasteiger partial charge in [-0.1, -0.05) is 19.3 Å². The van der Waals surface area contributed by atoms with Crippen LogP contribution in [0, 0.1) is 5.92 Å². The molecular formula is C13H18BrNO3S. The monoisotopic (exact) mass is 347 g/mol. The maximum atomic E-state index is 11.2. The van der Waals surface area contributed by atoms with E-state index in [1.54, 1.807) is 6.07 Å². The van der Waals surface area contributed by atoms with Gasteiger partial charge in [-0.3, -0.25) is 0 Å². The molecule has 0 amide bonds. The number of halogens is 1. The Bertz CT molecular complexity index is 539. The van der Waals surface area contributed by atoms with E-state index in [1.807, 2.05) is 0 Å². The van der Waals surface area contributed by atoms with Gasteiger partial charge in [-0.15, -0.1) is 0 Å². The number of rotatable bonds is 4. The SMILES string of the molecule is NS(=O)(=O)c1ccc(OCC2CCCCC2)c(Br)c1. The highest BCUT2D eigenvalue weighted by atomic mass is 79.9. The molecule has 106 valence electrons. The lowest BCUT2D eigenvalue weighted by Crippen LogP contribution is -2.16. The summed E-state index contributed by atoms with van der Waals surface area (Å²) < 4.78 is 28.8. The van der Waals surface area contributed by atoms with Crippen LogP contribution >= 0.6 is 15.9 Å². The third kappa shape index (κ3) is 4.19. The van der Waals surface area contributed by atoms with Gasteiger partial charge in [0, 0.05) is 0 Å². The molecule has 0 unspecified atom stereocenters. The lowest BCUT2D eigenvalue weighted by atomic mass is 9.90. The fourth-order valence-corrected chi connectivity index (χ4v) is 3.52. The molecular weight excluding hydrogens is 330 g/mol. The molecule has 1 fully saturated rings. The molecule has 6 heteroatoms. The average Bonchev–Trinajstić information content (AvgIpc) is 2.37. The minimum atomic E-state index is -3.66. The maximum absolute atomic E-state index is 11.2. The zero-order chi connectivity index (χ0) is 13.9. The predicted molar refractivity (Wildman–Crippen MR) is 77.6 cm³/mol. The smallest absolute Gasteiger partial charge is 0.238 e. The van der Waals surface area contributed by atoms with E-state index in [4.69, 9.17) is 9.88 Å². The van der Waals surface area contributed by atoms with E-state index in [0.29, 0.717) is 22.7 Å². The quantitative estimate of drug-likeness (QED) is 0.909. The van der Waals surface area contributed by atoms with Crippen LogP contribution in [0.2, 0.25) is 0 Å². The van der Waals surface area contributed by atoms with Crippen LogP contribution in [0.3, 0.4) is 0 Å². The minimum Gasteiger partial charge on any atom is -0.492 e. The molecule has 0 aliphatic heterocycles. The molecule has 1 aromatic carbocycles. The van der Waals surface area contributed by atoms with Crippen LogP contribution in [0.4, 0.5) is 0 Å². The van der Waals surface area contributed by atoms with Gasteiger partial charge in [0.15, 0.2) is 0 Å². The summed E-state index contributed by atoms with van der Waals surface area (Å²) in [5.41, 5.74) is 0. The number of hydrogen-bond acceptors (Lipinski definition) is 3. The largest absolute Gasteiger partial charge is 0.492 e. The second kappa shape index (κ2) is 6.24. The van der Waals surface area contributed by atoms with Crippen LogP contribution in [-0.4, -0.2) is 15.0 Å². The zero-order valence-electron chi connectivity index (χ0n) is 10.6. The van der Waals surface area contributed by atoms with Crippen molar-refractivity contribution >= 4 is 26.0 Å². The standard InChI is InChI=1S/C13H18BrNO3S/c14-12-8-11(19(15,16)17)6-7-13(12)18-9-10-4-2-1-3-5-10/h6-8,10H,1-5,9H2,(H2,15,16,17). The van der Waals surface area contributed by atoms with Crippen LogP contribution in [0.5, 0.6) is 5.75 Å². The Morgan fingerprint density at radius 2 is 1.95 bits per heavy atom. The summed E-state index contributed by atoms with van der Waals surface area (Å²) in [5, 5.41) is 5.08. The van der Waals surface area contributed by atoms with Crippen LogP contribution in [0.25, 0.3) is 0 Å². The summed E-state index contributed by atoms with van der Waals surface area (Å²) in [6.07, 6.45) is 6.31. The lowest BCUT2D eigenvalue weighted by Gasteiger charge is -2.22. The molecule has 0 bridgehead atoms. The summed E-state index contributed by atoms with van der Waals surface area (Å²) in [7, 11) is -3.66. The summed E-state index contributed by atoms with van der Waals surface area (Å²) in [5.74, 6) is 1.27. The molecule has 1 saturated carbocycles. The van der Waals surface area contributed by atoms with Crippen LogP contribution in [0.15, 0.2) is 27.6 Å². The first-order valence-electron chi connectivity index (χ1n) is 6.42. The highest BCUT2D eigenvalue weighted by molar-refractivity contribution is 9.10. The first-order chi connectivity index (χ1) is 8.97. The second-order valence-corrected chi connectivity index (χ2v) is 7.37. The van der Waals surface area contributed by atoms with Gasteiger partial charge in [0.1, 0.15) is 5.75 Å². The van der Waals surface area contributed by atoms with Gasteiger partial charge in [-0.2, -0.15) is 0 Å². The topological polar surface area (TPSA) is 69.4 Å². The number of ether oxygens (including phenoxy) is 1. The lowest BCUT2D eigenvalue weighted by molar-refractivity contribution is 0.208. The maximum Gasteiger partial charge on any atom is 0.238 e. The van der Waals surface area contributed by atoms with Gasteiger partial charge >= 0.3 is 0 Å². The highest BCUT2D eigenvalue weighted by Crippen LogP contribution is 2.29. The van der Waals surface area contributed by atoms with Gasteiger partial charge in [-0.25, -0.2) is 13.6 Å². The fourth-order valence-electron chi connectivity index (χ4n) is 2.34. The molecule has 2 N–H and O–H groups in total. The summed E-state index contributed by atoms with van der Waals surface area (Å²) >= 11 is 3.32. The first-order valence-corrected chi connectivity index (χ1v) is 8.76.